The fraction of sp³-hybridized carbons (Fsp3) is 0.118. The molecule has 6 nitrogen and oxygen atoms in total. The monoisotopic (exact) mass is 308 g/mol. The van der Waals surface area contributed by atoms with Gasteiger partial charge in [-0.1, -0.05) is 12.1 Å². The van der Waals surface area contributed by atoms with E-state index >= 15 is 0 Å². The maximum atomic E-state index is 12.0. The van der Waals surface area contributed by atoms with Crippen LogP contribution in [0, 0.1) is 0 Å². The minimum absolute atomic E-state index is 0.421. The number of anilines is 2. The molecule has 3 rings (SSSR count). The number of hydrogen-bond acceptors (Lipinski definition) is 4. The Morgan fingerprint density at radius 3 is 2.74 bits per heavy atom. The maximum absolute atomic E-state index is 12.0. The maximum Gasteiger partial charge on any atom is 0.325 e. The number of urea groups is 1. The molecule has 0 unspecified atom stereocenters. The molecule has 2 aromatic heterocycles. The number of nitrogens with two attached hydrogens (primary N) is 1. The molecule has 0 radical (unpaired) electrons. The van der Waals surface area contributed by atoms with Gasteiger partial charge in [-0.05, 0) is 43.3 Å². The third-order valence-electron chi connectivity index (χ3n) is 3.30. The highest BCUT2D eigenvalue weighted by molar-refractivity contribution is 5.99. The second-order valence-corrected chi connectivity index (χ2v) is 4.79. The Morgan fingerprint density at radius 2 is 1.96 bits per heavy atom. The zero-order valence-corrected chi connectivity index (χ0v) is 12.6. The fourth-order valence-electron chi connectivity index (χ4n) is 2.35. The van der Waals surface area contributed by atoms with Gasteiger partial charge in [0.2, 0.25) is 0 Å². The number of hydrogen-bond donors (Lipinski definition) is 1. The first-order chi connectivity index (χ1) is 11.2. The molecule has 3 aromatic rings. The van der Waals surface area contributed by atoms with Crippen molar-refractivity contribution < 1.29 is 9.53 Å². The highest BCUT2D eigenvalue weighted by Gasteiger charge is 2.20. The summed E-state index contributed by atoms with van der Waals surface area (Å²) in [5, 5.41) is 0. The van der Waals surface area contributed by atoms with E-state index < -0.39 is 6.03 Å². The molecule has 0 fully saturated rings. The number of para-hydroxylation sites is 2. The van der Waals surface area contributed by atoms with Gasteiger partial charge in [0.15, 0.2) is 0 Å². The van der Waals surface area contributed by atoms with Crippen molar-refractivity contribution in [1.29, 1.82) is 0 Å². The topological polar surface area (TPSA) is 81.3 Å². The van der Waals surface area contributed by atoms with E-state index in [1.165, 1.54) is 4.90 Å². The zero-order chi connectivity index (χ0) is 16.2. The number of benzene rings is 1. The molecular formula is C17H16N4O2. The van der Waals surface area contributed by atoms with Crippen LogP contribution in [0.4, 0.5) is 16.3 Å². The first-order valence-corrected chi connectivity index (χ1v) is 7.24. The summed E-state index contributed by atoms with van der Waals surface area (Å²) >= 11 is 0. The van der Waals surface area contributed by atoms with Crippen LogP contribution in [0.3, 0.4) is 0 Å². The largest absolute Gasteiger partial charge is 0.492 e. The van der Waals surface area contributed by atoms with Crippen LogP contribution < -0.4 is 15.4 Å². The molecule has 0 spiro atoms. The second-order valence-electron chi connectivity index (χ2n) is 4.79. The van der Waals surface area contributed by atoms with Crippen LogP contribution in [0.2, 0.25) is 0 Å². The lowest BCUT2D eigenvalue weighted by Gasteiger charge is -2.22. The van der Waals surface area contributed by atoms with Crippen molar-refractivity contribution in [2.75, 3.05) is 11.5 Å². The van der Waals surface area contributed by atoms with Gasteiger partial charge < -0.3 is 10.5 Å². The van der Waals surface area contributed by atoms with Crippen molar-refractivity contribution in [3.8, 4) is 5.75 Å². The Bertz CT molecular complexity index is 851. The average Bonchev–Trinajstić information content (AvgIpc) is 2.56. The van der Waals surface area contributed by atoms with E-state index in [2.05, 4.69) is 9.97 Å². The lowest BCUT2D eigenvalue weighted by Crippen LogP contribution is -2.32. The smallest absolute Gasteiger partial charge is 0.325 e. The Hall–Kier alpha value is -3.15. The number of carbonyl (C=O) groups excluding carboxylic acids is 1. The van der Waals surface area contributed by atoms with Crippen molar-refractivity contribution in [3.63, 3.8) is 0 Å². The number of pyridine rings is 2. The van der Waals surface area contributed by atoms with Crippen LogP contribution in [-0.4, -0.2) is 22.6 Å². The summed E-state index contributed by atoms with van der Waals surface area (Å²) in [6, 6.07) is 13.7. The number of primary amides is 1. The number of rotatable bonds is 4. The van der Waals surface area contributed by atoms with Crippen molar-refractivity contribution in [3.05, 3.63) is 54.7 Å². The summed E-state index contributed by atoms with van der Waals surface area (Å²) in [5.41, 5.74) is 7.57. The predicted octanol–water partition coefficient (Wildman–Crippen LogP) is 3.25. The number of aromatic nitrogens is 2. The molecule has 2 amide bonds. The zero-order valence-electron chi connectivity index (χ0n) is 12.6. The third kappa shape index (κ3) is 2.91. The molecule has 1 aromatic carbocycles. The molecule has 2 heterocycles. The molecule has 2 N–H and O–H groups in total. The molecule has 0 atom stereocenters. The van der Waals surface area contributed by atoms with Gasteiger partial charge in [-0.15, -0.1) is 0 Å². The van der Waals surface area contributed by atoms with Crippen LogP contribution in [0.25, 0.3) is 11.0 Å². The van der Waals surface area contributed by atoms with E-state index in [0.29, 0.717) is 29.4 Å². The number of fused-ring (bicyclic) bond motifs is 1. The van der Waals surface area contributed by atoms with Gasteiger partial charge in [0, 0.05) is 6.20 Å². The lowest BCUT2D eigenvalue weighted by molar-refractivity contribution is 0.255. The van der Waals surface area contributed by atoms with Crippen molar-refractivity contribution in [2.24, 2.45) is 5.73 Å². The molecule has 0 aliphatic rings. The van der Waals surface area contributed by atoms with E-state index in [9.17, 15) is 4.79 Å². The molecule has 23 heavy (non-hydrogen) atoms. The summed E-state index contributed by atoms with van der Waals surface area (Å²) in [6.07, 6.45) is 1.69. The minimum Gasteiger partial charge on any atom is -0.492 e. The molecule has 0 aliphatic carbocycles. The normalized spacial score (nSPS) is 10.5. The van der Waals surface area contributed by atoms with Crippen LogP contribution in [-0.2, 0) is 0 Å². The fourth-order valence-corrected chi connectivity index (χ4v) is 2.35. The summed E-state index contributed by atoms with van der Waals surface area (Å²) in [5.74, 6) is 0.993. The molecule has 0 saturated heterocycles. The Balaban J connectivity index is 2.13. The van der Waals surface area contributed by atoms with Gasteiger partial charge in [0.25, 0.3) is 0 Å². The van der Waals surface area contributed by atoms with Gasteiger partial charge in [-0.2, -0.15) is 0 Å². The van der Waals surface area contributed by atoms with E-state index in [1.54, 1.807) is 36.5 Å². The van der Waals surface area contributed by atoms with Crippen LogP contribution in [0.5, 0.6) is 5.75 Å². The van der Waals surface area contributed by atoms with Crippen LogP contribution in [0.1, 0.15) is 6.92 Å². The summed E-state index contributed by atoms with van der Waals surface area (Å²) in [4.78, 5) is 22.1. The van der Waals surface area contributed by atoms with Gasteiger partial charge in [-0.25, -0.2) is 14.7 Å². The van der Waals surface area contributed by atoms with Gasteiger partial charge in [0.1, 0.15) is 11.6 Å². The highest BCUT2D eigenvalue weighted by atomic mass is 16.5. The van der Waals surface area contributed by atoms with Crippen molar-refractivity contribution in [1.82, 2.24) is 9.97 Å². The van der Waals surface area contributed by atoms with Gasteiger partial charge in [-0.3, -0.25) is 4.98 Å². The SMILES string of the molecule is CCOc1ccccc1N(C(N)=O)c1ccc2ncccc2n1. The van der Waals surface area contributed by atoms with Crippen LogP contribution >= 0.6 is 0 Å². The molecular weight excluding hydrogens is 292 g/mol. The Labute approximate surface area is 133 Å². The first kappa shape index (κ1) is 14.8. The quantitative estimate of drug-likeness (QED) is 0.802. The average molecular weight is 308 g/mol. The Kier molecular flexibility index (Phi) is 4.05. The minimum atomic E-state index is -0.632. The molecule has 116 valence electrons. The van der Waals surface area contributed by atoms with Gasteiger partial charge in [0.05, 0.1) is 23.3 Å². The molecule has 0 bridgehead atoms. The van der Waals surface area contributed by atoms with E-state index in [1.807, 2.05) is 25.1 Å². The standard InChI is InChI=1S/C17H16N4O2/c1-2-23-15-8-4-3-7-14(15)21(17(18)22)16-10-9-12-13(20-16)6-5-11-19-12/h3-11H,2H2,1H3,(H2,18,22). The third-order valence-corrected chi connectivity index (χ3v) is 3.30. The summed E-state index contributed by atoms with van der Waals surface area (Å²) in [6.45, 7) is 2.37. The van der Waals surface area contributed by atoms with Crippen molar-refractivity contribution in [2.45, 2.75) is 6.92 Å². The van der Waals surface area contributed by atoms with E-state index in [-0.39, 0.29) is 0 Å². The van der Waals surface area contributed by atoms with Crippen molar-refractivity contribution >= 4 is 28.6 Å². The lowest BCUT2D eigenvalue weighted by atomic mass is 10.2. The predicted molar refractivity (Wildman–Crippen MR) is 88.9 cm³/mol. The number of ether oxygens (including phenoxy) is 1. The number of amides is 2. The van der Waals surface area contributed by atoms with Crippen LogP contribution in [0.15, 0.2) is 54.7 Å². The van der Waals surface area contributed by atoms with E-state index in [0.717, 1.165) is 5.52 Å². The highest BCUT2D eigenvalue weighted by Crippen LogP contribution is 2.33. The number of nitrogens with zero attached hydrogens (tertiary/aromatic N) is 3. The summed E-state index contributed by atoms with van der Waals surface area (Å²) in [7, 11) is 0. The summed E-state index contributed by atoms with van der Waals surface area (Å²) < 4.78 is 5.59. The Morgan fingerprint density at radius 1 is 1.13 bits per heavy atom. The molecule has 6 heteroatoms. The number of carbonyl (C=O) groups is 1. The first-order valence-electron chi connectivity index (χ1n) is 7.24. The second kappa shape index (κ2) is 6.31. The molecule has 0 aliphatic heterocycles. The van der Waals surface area contributed by atoms with Gasteiger partial charge >= 0.3 is 6.03 Å². The molecule has 0 saturated carbocycles. The van der Waals surface area contributed by atoms with E-state index in [4.69, 9.17) is 10.5 Å².